The maximum absolute atomic E-state index is 13.0. The SMILES string of the molecule is COc1ccc(C)cc1C(CN)C(O)c1ccc(F)cc1. The molecule has 0 fully saturated rings. The lowest BCUT2D eigenvalue weighted by atomic mass is 9.88. The molecule has 0 aliphatic carbocycles. The number of nitrogens with two attached hydrogens (primary N) is 1. The van der Waals surface area contributed by atoms with Gasteiger partial charge in [-0.15, -0.1) is 0 Å². The first kappa shape index (κ1) is 15.5. The van der Waals surface area contributed by atoms with E-state index in [1.54, 1.807) is 19.2 Å². The summed E-state index contributed by atoms with van der Waals surface area (Å²) in [6.07, 6.45) is -0.814. The molecule has 2 aromatic carbocycles. The summed E-state index contributed by atoms with van der Waals surface area (Å²) in [5, 5.41) is 10.6. The number of hydrogen-bond acceptors (Lipinski definition) is 3. The first-order valence-electron chi connectivity index (χ1n) is 6.85. The molecule has 0 aliphatic rings. The fourth-order valence-electron chi connectivity index (χ4n) is 2.46. The highest BCUT2D eigenvalue weighted by Gasteiger charge is 2.24. The average molecular weight is 289 g/mol. The molecule has 0 aromatic heterocycles. The molecule has 0 radical (unpaired) electrons. The van der Waals surface area contributed by atoms with Crippen molar-refractivity contribution in [2.45, 2.75) is 18.9 Å². The van der Waals surface area contributed by atoms with Crippen molar-refractivity contribution in [2.24, 2.45) is 5.73 Å². The number of aliphatic hydroxyl groups is 1. The van der Waals surface area contributed by atoms with E-state index >= 15 is 0 Å². The van der Waals surface area contributed by atoms with E-state index < -0.39 is 6.10 Å². The van der Waals surface area contributed by atoms with Gasteiger partial charge in [0.05, 0.1) is 13.2 Å². The molecule has 2 atom stereocenters. The van der Waals surface area contributed by atoms with E-state index in [2.05, 4.69) is 0 Å². The van der Waals surface area contributed by atoms with Crippen LogP contribution in [0.3, 0.4) is 0 Å². The lowest BCUT2D eigenvalue weighted by Gasteiger charge is -2.24. The molecule has 2 rings (SSSR count). The highest BCUT2D eigenvalue weighted by molar-refractivity contribution is 5.41. The van der Waals surface area contributed by atoms with Gasteiger partial charge in [0, 0.05) is 18.0 Å². The number of hydrogen-bond donors (Lipinski definition) is 2. The quantitative estimate of drug-likeness (QED) is 0.890. The summed E-state index contributed by atoms with van der Waals surface area (Å²) >= 11 is 0. The number of halogens is 1. The van der Waals surface area contributed by atoms with Crippen molar-refractivity contribution < 1.29 is 14.2 Å². The molecule has 0 saturated heterocycles. The van der Waals surface area contributed by atoms with Gasteiger partial charge in [-0.1, -0.05) is 29.8 Å². The topological polar surface area (TPSA) is 55.5 Å². The van der Waals surface area contributed by atoms with Crippen LogP contribution in [0.15, 0.2) is 42.5 Å². The van der Waals surface area contributed by atoms with Crippen molar-refractivity contribution in [3.8, 4) is 5.75 Å². The number of aryl methyl sites for hydroxylation is 1. The first-order valence-corrected chi connectivity index (χ1v) is 6.85. The summed E-state index contributed by atoms with van der Waals surface area (Å²) in [4.78, 5) is 0. The minimum Gasteiger partial charge on any atom is -0.496 e. The molecule has 2 aromatic rings. The number of ether oxygens (including phenoxy) is 1. The molecule has 21 heavy (non-hydrogen) atoms. The zero-order valence-electron chi connectivity index (χ0n) is 12.2. The van der Waals surface area contributed by atoms with Crippen molar-refractivity contribution >= 4 is 0 Å². The number of benzene rings is 2. The summed E-state index contributed by atoms with van der Waals surface area (Å²) in [6, 6.07) is 11.6. The second-order valence-corrected chi connectivity index (χ2v) is 5.08. The second-order valence-electron chi connectivity index (χ2n) is 5.08. The molecule has 2 unspecified atom stereocenters. The molecule has 0 bridgehead atoms. The summed E-state index contributed by atoms with van der Waals surface area (Å²) in [7, 11) is 1.59. The van der Waals surface area contributed by atoms with Crippen LogP contribution in [0.5, 0.6) is 5.75 Å². The lowest BCUT2D eigenvalue weighted by Crippen LogP contribution is -2.21. The molecule has 0 aliphatic heterocycles. The third kappa shape index (κ3) is 3.40. The van der Waals surface area contributed by atoms with Crippen molar-refractivity contribution in [3.63, 3.8) is 0 Å². The molecule has 0 saturated carbocycles. The van der Waals surface area contributed by atoms with E-state index in [-0.39, 0.29) is 18.3 Å². The molecule has 112 valence electrons. The van der Waals surface area contributed by atoms with Crippen LogP contribution in [0.25, 0.3) is 0 Å². The third-order valence-electron chi connectivity index (χ3n) is 3.63. The maximum Gasteiger partial charge on any atom is 0.123 e. The van der Waals surface area contributed by atoms with Crippen molar-refractivity contribution in [2.75, 3.05) is 13.7 Å². The normalized spacial score (nSPS) is 13.8. The van der Waals surface area contributed by atoms with Gasteiger partial charge < -0.3 is 15.6 Å². The van der Waals surface area contributed by atoms with Crippen LogP contribution in [-0.4, -0.2) is 18.8 Å². The molecule has 0 amide bonds. The Morgan fingerprint density at radius 2 is 1.86 bits per heavy atom. The summed E-state index contributed by atoms with van der Waals surface area (Å²) in [5.74, 6) is 0.0471. The Labute approximate surface area is 124 Å². The Hall–Kier alpha value is -1.91. The predicted molar refractivity (Wildman–Crippen MR) is 80.9 cm³/mol. The molecule has 4 heteroatoms. The number of aliphatic hydroxyl groups excluding tert-OH is 1. The highest BCUT2D eigenvalue weighted by atomic mass is 19.1. The monoisotopic (exact) mass is 289 g/mol. The van der Waals surface area contributed by atoms with Gasteiger partial charge in [-0.2, -0.15) is 0 Å². The Morgan fingerprint density at radius 1 is 1.19 bits per heavy atom. The number of rotatable bonds is 5. The minimum absolute atomic E-state index is 0.262. The standard InChI is InChI=1S/C17H20FNO2/c1-11-3-8-16(21-2)14(9-11)15(10-19)17(20)12-4-6-13(18)7-5-12/h3-9,15,17,20H,10,19H2,1-2H3. The zero-order valence-corrected chi connectivity index (χ0v) is 12.2. The van der Waals surface area contributed by atoms with Gasteiger partial charge in [0.2, 0.25) is 0 Å². The summed E-state index contributed by atoms with van der Waals surface area (Å²) < 4.78 is 18.4. The molecule has 3 N–H and O–H groups in total. The Kier molecular flexibility index (Phi) is 4.94. The highest BCUT2D eigenvalue weighted by Crippen LogP contribution is 2.36. The lowest BCUT2D eigenvalue weighted by molar-refractivity contribution is 0.146. The van der Waals surface area contributed by atoms with Crippen LogP contribution in [0.4, 0.5) is 4.39 Å². The maximum atomic E-state index is 13.0. The van der Waals surface area contributed by atoms with Crippen LogP contribution in [-0.2, 0) is 0 Å². The van der Waals surface area contributed by atoms with Gasteiger partial charge >= 0.3 is 0 Å². The second kappa shape index (κ2) is 6.70. The molecular weight excluding hydrogens is 269 g/mol. The third-order valence-corrected chi connectivity index (χ3v) is 3.63. The summed E-state index contributed by atoms with van der Waals surface area (Å²) in [5.41, 5.74) is 8.42. The zero-order chi connectivity index (χ0) is 15.4. The molecule has 0 heterocycles. The smallest absolute Gasteiger partial charge is 0.123 e. The molecular formula is C17H20FNO2. The van der Waals surface area contributed by atoms with Gasteiger partial charge in [-0.05, 0) is 30.7 Å². The van der Waals surface area contributed by atoms with Gasteiger partial charge in [0.15, 0.2) is 0 Å². The van der Waals surface area contributed by atoms with Crippen molar-refractivity contribution in [1.82, 2.24) is 0 Å². The number of methoxy groups -OCH3 is 1. The van der Waals surface area contributed by atoms with E-state index in [4.69, 9.17) is 10.5 Å². The van der Waals surface area contributed by atoms with Gasteiger partial charge in [0.1, 0.15) is 11.6 Å². The minimum atomic E-state index is -0.814. The predicted octanol–water partition coefficient (Wildman–Crippen LogP) is 2.92. The van der Waals surface area contributed by atoms with Gasteiger partial charge in [-0.3, -0.25) is 0 Å². The Balaban J connectivity index is 2.39. The fourth-order valence-corrected chi connectivity index (χ4v) is 2.46. The fraction of sp³-hybridized carbons (Fsp3) is 0.294. The Bertz CT molecular complexity index is 598. The van der Waals surface area contributed by atoms with Crippen LogP contribution >= 0.6 is 0 Å². The first-order chi connectivity index (χ1) is 10.1. The van der Waals surface area contributed by atoms with Crippen LogP contribution < -0.4 is 10.5 Å². The summed E-state index contributed by atoms with van der Waals surface area (Å²) in [6.45, 7) is 2.24. The van der Waals surface area contributed by atoms with Crippen LogP contribution in [0.1, 0.15) is 28.7 Å². The van der Waals surface area contributed by atoms with Crippen LogP contribution in [0.2, 0.25) is 0 Å². The van der Waals surface area contributed by atoms with E-state index in [9.17, 15) is 9.50 Å². The largest absolute Gasteiger partial charge is 0.496 e. The van der Waals surface area contributed by atoms with Crippen molar-refractivity contribution in [3.05, 3.63) is 65.0 Å². The van der Waals surface area contributed by atoms with Gasteiger partial charge in [-0.25, -0.2) is 4.39 Å². The average Bonchev–Trinajstić information content (AvgIpc) is 2.49. The van der Waals surface area contributed by atoms with Gasteiger partial charge in [0.25, 0.3) is 0 Å². The van der Waals surface area contributed by atoms with E-state index in [0.29, 0.717) is 11.3 Å². The van der Waals surface area contributed by atoms with E-state index in [1.165, 1.54) is 12.1 Å². The Morgan fingerprint density at radius 3 is 2.43 bits per heavy atom. The molecule has 0 spiro atoms. The van der Waals surface area contributed by atoms with Crippen LogP contribution in [0, 0.1) is 12.7 Å². The van der Waals surface area contributed by atoms with Crippen molar-refractivity contribution in [1.29, 1.82) is 0 Å². The van der Waals surface area contributed by atoms with E-state index in [0.717, 1.165) is 11.1 Å². The molecule has 3 nitrogen and oxygen atoms in total. The van der Waals surface area contributed by atoms with E-state index in [1.807, 2.05) is 25.1 Å².